The van der Waals surface area contributed by atoms with E-state index in [1.165, 1.54) is 33.4 Å². The standard InChI is InChI=1S/C62H46N2/c1-7-21-49(22-8-1)59(50-23-9-2-10-24-50)45-47-37-41-55(42-38-47)63(53-29-15-5-16-30-53)61-35-19-34-58-57(61)33-20-36-62(58)64(54-31-17-6-18-32-54)56-43-39-48(40-44-56)46-60(51-25-11-3-12-26-51)52-27-13-4-14-28-52/h1-46H. The van der Waals surface area contributed by atoms with Crippen molar-refractivity contribution in [3.63, 3.8) is 0 Å². The second-order valence-corrected chi connectivity index (χ2v) is 15.8. The third kappa shape index (κ3) is 8.54. The van der Waals surface area contributed by atoms with E-state index in [0.29, 0.717) is 0 Å². The fraction of sp³-hybridized carbons (Fsp3) is 0. The Balaban J connectivity index is 1.05. The summed E-state index contributed by atoms with van der Waals surface area (Å²) in [5.41, 5.74) is 15.9. The smallest absolute Gasteiger partial charge is 0.0540 e. The Labute approximate surface area is 376 Å². The Kier molecular flexibility index (Phi) is 11.6. The summed E-state index contributed by atoms with van der Waals surface area (Å²) >= 11 is 0. The van der Waals surface area contributed by atoms with Crippen LogP contribution in [0.5, 0.6) is 0 Å². The maximum atomic E-state index is 2.37. The first kappa shape index (κ1) is 39.7. The van der Waals surface area contributed by atoms with E-state index in [1.54, 1.807) is 0 Å². The van der Waals surface area contributed by atoms with Gasteiger partial charge in [0.15, 0.2) is 0 Å². The zero-order chi connectivity index (χ0) is 42.9. The minimum absolute atomic E-state index is 1.08. The van der Waals surface area contributed by atoms with Crippen molar-refractivity contribution in [2.24, 2.45) is 0 Å². The van der Waals surface area contributed by atoms with E-state index in [-0.39, 0.29) is 0 Å². The highest BCUT2D eigenvalue weighted by molar-refractivity contribution is 6.07. The molecule has 0 aromatic heterocycles. The van der Waals surface area contributed by atoms with Crippen LogP contribution >= 0.6 is 0 Å². The van der Waals surface area contributed by atoms with Gasteiger partial charge in [0, 0.05) is 33.5 Å². The first-order valence-electron chi connectivity index (χ1n) is 21.8. The van der Waals surface area contributed by atoms with E-state index in [1.807, 2.05) is 0 Å². The van der Waals surface area contributed by atoms with Crippen LogP contribution in [0.25, 0.3) is 34.1 Å². The SMILES string of the molecule is C(=C(c1ccccc1)c1ccccc1)c1ccc(N(c2ccccc2)c2cccc3c(N(c4ccccc4)c4ccc(C=C(c5ccccc5)c5ccccc5)cc4)cccc23)cc1. The molecular formula is C62H46N2. The van der Waals surface area contributed by atoms with E-state index in [4.69, 9.17) is 0 Å². The number of hydrogen-bond donors (Lipinski definition) is 0. The minimum Gasteiger partial charge on any atom is -0.310 e. The minimum atomic E-state index is 1.08. The van der Waals surface area contributed by atoms with Crippen LogP contribution in [0.4, 0.5) is 34.1 Å². The van der Waals surface area contributed by atoms with E-state index >= 15 is 0 Å². The number of hydrogen-bond acceptors (Lipinski definition) is 2. The zero-order valence-electron chi connectivity index (χ0n) is 35.5. The van der Waals surface area contributed by atoms with Gasteiger partial charge in [0.25, 0.3) is 0 Å². The normalized spacial score (nSPS) is 10.8. The highest BCUT2D eigenvalue weighted by atomic mass is 15.2. The Bertz CT molecular complexity index is 2840. The fourth-order valence-electron chi connectivity index (χ4n) is 8.59. The van der Waals surface area contributed by atoms with Crippen molar-refractivity contribution in [1.82, 2.24) is 0 Å². The van der Waals surface area contributed by atoms with Crippen molar-refractivity contribution in [2.45, 2.75) is 0 Å². The molecule has 0 amide bonds. The highest BCUT2D eigenvalue weighted by Crippen LogP contribution is 2.44. The monoisotopic (exact) mass is 818 g/mol. The van der Waals surface area contributed by atoms with Gasteiger partial charge in [0.1, 0.15) is 0 Å². The van der Waals surface area contributed by atoms with Crippen LogP contribution in [0.3, 0.4) is 0 Å². The van der Waals surface area contributed by atoms with E-state index in [0.717, 1.165) is 56.0 Å². The van der Waals surface area contributed by atoms with E-state index < -0.39 is 0 Å². The van der Waals surface area contributed by atoms with Gasteiger partial charge in [-0.25, -0.2) is 0 Å². The molecule has 2 nitrogen and oxygen atoms in total. The molecule has 10 aromatic rings. The van der Waals surface area contributed by atoms with Crippen molar-refractivity contribution >= 4 is 68.2 Å². The van der Waals surface area contributed by atoms with Gasteiger partial charge in [-0.1, -0.05) is 206 Å². The number of para-hydroxylation sites is 2. The van der Waals surface area contributed by atoms with Gasteiger partial charge in [0.2, 0.25) is 0 Å². The summed E-state index contributed by atoms with van der Waals surface area (Å²) in [5.74, 6) is 0. The molecule has 304 valence electrons. The molecule has 0 spiro atoms. The average Bonchev–Trinajstić information content (AvgIpc) is 3.38. The molecule has 0 aliphatic heterocycles. The van der Waals surface area contributed by atoms with Gasteiger partial charge < -0.3 is 9.80 Å². The van der Waals surface area contributed by atoms with Gasteiger partial charge in [-0.05, 0) is 117 Å². The Morgan fingerprint density at radius 1 is 0.234 bits per heavy atom. The predicted molar refractivity (Wildman–Crippen MR) is 273 cm³/mol. The largest absolute Gasteiger partial charge is 0.310 e. The Morgan fingerprint density at radius 3 is 0.797 bits per heavy atom. The van der Waals surface area contributed by atoms with Crippen molar-refractivity contribution in [3.8, 4) is 0 Å². The molecule has 0 aliphatic rings. The lowest BCUT2D eigenvalue weighted by atomic mass is 9.95. The molecule has 0 N–H and O–H groups in total. The maximum Gasteiger partial charge on any atom is 0.0540 e. The molecule has 0 unspecified atom stereocenters. The number of nitrogens with zero attached hydrogens (tertiary/aromatic N) is 2. The van der Waals surface area contributed by atoms with Crippen LogP contribution in [-0.2, 0) is 0 Å². The number of rotatable bonds is 12. The summed E-state index contributed by atoms with van der Waals surface area (Å²) in [5, 5.41) is 2.30. The quantitative estimate of drug-likeness (QED) is 0.113. The Morgan fingerprint density at radius 2 is 0.500 bits per heavy atom. The predicted octanol–water partition coefficient (Wildman–Crippen LogP) is 17.0. The lowest BCUT2D eigenvalue weighted by Crippen LogP contribution is -2.12. The van der Waals surface area contributed by atoms with Gasteiger partial charge in [-0.2, -0.15) is 0 Å². The highest BCUT2D eigenvalue weighted by Gasteiger charge is 2.20. The van der Waals surface area contributed by atoms with Gasteiger partial charge in [-0.3, -0.25) is 0 Å². The van der Waals surface area contributed by atoms with Crippen LogP contribution < -0.4 is 9.80 Å². The van der Waals surface area contributed by atoms with Crippen LogP contribution in [0.1, 0.15) is 33.4 Å². The van der Waals surface area contributed by atoms with Crippen LogP contribution in [0.2, 0.25) is 0 Å². The van der Waals surface area contributed by atoms with Gasteiger partial charge in [-0.15, -0.1) is 0 Å². The van der Waals surface area contributed by atoms with Crippen LogP contribution in [0, 0.1) is 0 Å². The molecule has 0 heterocycles. The summed E-state index contributed by atoms with van der Waals surface area (Å²) in [7, 11) is 0. The molecule has 10 rings (SSSR count). The average molecular weight is 819 g/mol. The molecule has 64 heavy (non-hydrogen) atoms. The first-order chi connectivity index (χ1) is 31.8. The number of fused-ring (bicyclic) bond motifs is 1. The summed E-state index contributed by atoms with van der Waals surface area (Å²) in [6.07, 6.45) is 4.58. The molecule has 0 saturated carbocycles. The molecule has 0 fully saturated rings. The second-order valence-electron chi connectivity index (χ2n) is 15.8. The molecule has 0 radical (unpaired) electrons. The zero-order valence-corrected chi connectivity index (χ0v) is 35.5. The van der Waals surface area contributed by atoms with E-state index in [9.17, 15) is 0 Å². The molecule has 0 bridgehead atoms. The van der Waals surface area contributed by atoms with E-state index in [2.05, 4.69) is 289 Å². The van der Waals surface area contributed by atoms with Crippen molar-refractivity contribution in [3.05, 3.63) is 300 Å². The lowest BCUT2D eigenvalue weighted by Gasteiger charge is -2.30. The lowest BCUT2D eigenvalue weighted by molar-refractivity contribution is 1.28. The Hall–Kier alpha value is -8.46. The summed E-state index contributed by atoms with van der Waals surface area (Å²) in [6.45, 7) is 0. The second kappa shape index (κ2) is 18.7. The third-order valence-electron chi connectivity index (χ3n) is 11.7. The third-order valence-corrected chi connectivity index (χ3v) is 11.7. The maximum absolute atomic E-state index is 2.37. The van der Waals surface area contributed by atoms with Gasteiger partial charge in [0.05, 0.1) is 11.4 Å². The molecule has 0 atom stereocenters. The van der Waals surface area contributed by atoms with Crippen LogP contribution in [-0.4, -0.2) is 0 Å². The fourth-order valence-corrected chi connectivity index (χ4v) is 8.59. The van der Waals surface area contributed by atoms with Crippen LogP contribution in [0.15, 0.2) is 267 Å². The van der Waals surface area contributed by atoms with Crippen molar-refractivity contribution < 1.29 is 0 Å². The molecule has 0 saturated heterocycles. The first-order valence-corrected chi connectivity index (χ1v) is 21.8. The summed E-state index contributed by atoms with van der Waals surface area (Å²) < 4.78 is 0. The topological polar surface area (TPSA) is 6.48 Å². The number of benzene rings is 10. The van der Waals surface area contributed by atoms with Crippen molar-refractivity contribution in [2.75, 3.05) is 9.80 Å². The van der Waals surface area contributed by atoms with Gasteiger partial charge >= 0.3 is 0 Å². The summed E-state index contributed by atoms with van der Waals surface area (Å²) in [6, 6.07) is 95.1. The molecule has 10 aromatic carbocycles. The summed E-state index contributed by atoms with van der Waals surface area (Å²) in [4.78, 5) is 4.75. The molecule has 0 aliphatic carbocycles. The molecular weight excluding hydrogens is 773 g/mol. The van der Waals surface area contributed by atoms with Crippen molar-refractivity contribution in [1.29, 1.82) is 0 Å². The molecule has 2 heteroatoms. The number of anilines is 6.